The number of hydrogen-bond donors (Lipinski definition) is 1. The van der Waals surface area contributed by atoms with Gasteiger partial charge in [0.1, 0.15) is 11.4 Å². The summed E-state index contributed by atoms with van der Waals surface area (Å²) in [4.78, 5) is 13.0. The van der Waals surface area contributed by atoms with E-state index in [1.807, 2.05) is 0 Å². The molecule has 1 unspecified atom stereocenters. The monoisotopic (exact) mass is 249 g/mol. The van der Waals surface area contributed by atoms with E-state index < -0.39 is 5.97 Å². The number of likely N-dealkylation sites (N-methyl/N-ethyl adjacent to an activating group) is 1. The Labute approximate surface area is 107 Å². The topological polar surface area (TPSA) is 49.8 Å². The number of likely N-dealkylation sites (tertiary alicyclic amines) is 1. The zero-order chi connectivity index (χ0) is 13.2. The third-order valence-electron chi connectivity index (χ3n) is 3.32. The normalized spacial score (nSPS) is 24.8. The molecule has 1 atom stereocenters. The average molecular weight is 249 g/mol. The van der Waals surface area contributed by atoms with Gasteiger partial charge in [-0.3, -0.25) is 0 Å². The van der Waals surface area contributed by atoms with Crippen LogP contribution < -0.4 is 4.74 Å². The van der Waals surface area contributed by atoms with Crippen molar-refractivity contribution in [3.05, 3.63) is 29.8 Å². The van der Waals surface area contributed by atoms with Crippen molar-refractivity contribution < 1.29 is 14.6 Å². The molecule has 0 aromatic heterocycles. The Morgan fingerprint density at radius 1 is 1.39 bits per heavy atom. The maximum atomic E-state index is 10.8. The van der Waals surface area contributed by atoms with Crippen molar-refractivity contribution in [2.75, 3.05) is 20.1 Å². The minimum Gasteiger partial charge on any atom is -0.486 e. The number of benzene rings is 1. The molecule has 0 spiro atoms. The van der Waals surface area contributed by atoms with E-state index in [4.69, 9.17) is 9.84 Å². The van der Waals surface area contributed by atoms with E-state index in [1.54, 1.807) is 24.3 Å². The number of carbonyl (C=O) groups is 1. The summed E-state index contributed by atoms with van der Waals surface area (Å²) in [6.45, 7) is 4.11. The highest BCUT2D eigenvalue weighted by Crippen LogP contribution is 2.26. The van der Waals surface area contributed by atoms with Gasteiger partial charge < -0.3 is 14.7 Å². The second kappa shape index (κ2) is 4.98. The Balaban J connectivity index is 2.06. The Bertz CT molecular complexity index is 429. The SMILES string of the molecule is CN1CCCC(C)(Oc2ccc(C(=O)O)cc2)C1. The van der Waals surface area contributed by atoms with Crippen LogP contribution in [0.1, 0.15) is 30.1 Å². The van der Waals surface area contributed by atoms with Crippen LogP contribution in [0.5, 0.6) is 5.75 Å². The molecule has 1 aliphatic heterocycles. The van der Waals surface area contributed by atoms with Gasteiger partial charge in [0, 0.05) is 6.54 Å². The molecule has 1 heterocycles. The van der Waals surface area contributed by atoms with Gasteiger partial charge in [0.2, 0.25) is 0 Å². The molecule has 1 fully saturated rings. The molecule has 0 bridgehead atoms. The lowest BCUT2D eigenvalue weighted by Gasteiger charge is -2.38. The summed E-state index contributed by atoms with van der Waals surface area (Å²) in [5.74, 6) is -0.178. The summed E-state index contributed by atoms with van der Waals surface area (Å²) in [6.07, 6.45) is 2.15. The molecule has 1 aromatic carbocycles. The third-order valence-corrected chi connectivity index (χ3v) is 3.32. The summed E-state index contributed by atoms with van der Waals surface area (Å²) in [7, 11) is 2.09. The first-order valence-corrected chi connectivity index (χ1v) is 6.19. The van der Waals surface area contributed by atoms with Gasteiger partial charge in [-0.25, -0.2) is 4.79 Å². The molecule has 2 rings (SSSR count). The number of carboxylic acids is 1. The molecule has 18 heavy (non-hydrogen) atoms. The second-order valence-corrected chi connectivity index (χ2v) is 5.22. The first kappa shape index (κ1) is 12.9. The first-order valence-electron chi connectivity index (χ1n) is 6.19. The number of hydrogen-bond acceptors (Lipinski definition) is 3. The minimum atomic E-state index is -0.912. The van der Waals surface area contributed by atoms with Crippen molar-refractivity contribution in [1.82, 2.24) is 4.90 Å². The van der Waals surface area contributed by atoms with Gasteiger partial charge in [0.05, 0.1) is 5.56 Å². The van der Waals surface area contributed by atoms with E-state index in [2.05, 4.69) is 18.9 Å². The van der Waals surface area contributed by atoms with Crippen LogP contribution in [-0.2, 0) is 0 Å². The third kappa shape index (κ3) is 3.01. The number of ether oxygens (including phenoxy) is 1. The van der Waals surface area contributed by atoms with Gasteiger partial charge in [-0.2, -0.15) is 0 Å². The highest BCUT2D eigenvalue weighted by Gasteiger charge is 2.31. The fourth-order valence-corrected chi connectivity index (χ4v) is 2.49. The first-order chi connectivity index (χ1) is 8.48. The summed E-state index contributed by atoms with van der Waals surface area (Å²) in [5, 5.41) is 8.84. The van der Waals surface area contributed by atoms with Crippen LogP contribution in [0.3, 0.4) is 0 Å². The molecule has 0 aliphatic carbocycles. The van der Waals surface area contributed by atoms with Crippen LogP contribution >= 0.6 is 0 Å². The predicted molar refractivity (Wildman–Crippen MR) is 69.2 cm³/mol. The Morgan fingerprint density at radius 3 is 2.61 bits per heavy atom. The molecule has 1 aliphatic rings. The van der Waals surface area contributed by atoms with Crippen molar-refractivity contribution in [1.29, 1.82) is 0 Å². The molecule has 1 aromatic rings. The summed E-state index contributed by atoms with van der Waals surface area (Å²) >= 11 is 0. The van der Waals surface area contributed by atoms with Gasteiger partial charge in [-0.15, -0.1) is 0 Å². The minimum absolute atomic E-state index is 0.183. The van der Waals surface area contributed by atoms with E-state index >= 15 is 0 Å². The second-order valence-electron chi connectivity index (χ2n) is 5.22. The van der Waals surface area contributed by atoms with Crippen molar-refractivity contribution in [3.8, 4) is 5.75 Å². The highest BCUT2D eigenvalue weighted by atomic mass is 16.5. The molecule has 1 saturated heterocycles. The van der Waals surface area contributed by atoms with Crippen molar-refractivity contribution in [2.45, 2.75) is 25.4 Å². The van der Waals surface area contributed by atoms with Crippen molar-refractivity contribution in [2.24, 2.45) is 0 Å². The van der Waals surface area contributed by atoms with Gasteiger partial charge in [-0.1, -0.05) is 0 Å². The van der Waals surface area contributed by atoms with Crippen LogP contribution in [0, 0.1) is 0 Å². The number of nitrogens with zero attached hydrogens (tertiary/aromatic N) is 1. The maximum absolute atomic E-state index is 10.8. The van der Waals surface area contributed by atoms with E-state index in [0.717, 1.165) is 31.7 Å². The quantitative estimate of drug-likeness (QED) is 0.892. The number of rotatable bonds is 3. The highest BCUT2D eigenvalue weighted by molar-refractivity contribution is 5.87. The molecule has 98 valence electrons. The molecule has 1 N–H and O–H groups in total. The van der Waals surface area contributed by atoms with E-state index in [1.165, 1.54) is 0 Å². The number of carboxylic acid groups (broad SMARTS) is 1. The molecular weight excluding hydrogens is 230 g/mol. The summed E-state index contributed by atoms with van der Waals surface area (Å²) in [6, 6.07) is 6.60. The van der Waals surface area contributed by atoms with Crippen LogP contribution in [-0.4, -0.2) is 41.7 Å². The Morgan fingerprint density at radius 2 is 2.06 bits per heavy atom. The standard InChI is InChI=1S/C14H19NO3/c1-14(8-3-9-15(2)10-14)18-12-6-4-11(5-7-12)13(16)17/h4-7H,3,8-10H2,1-2H3,(H,16,17). The van der Waals surface area contributed by atoms with Crippen LogP contribution in [0.2, 0.25) is 0 Å². The summed E-state index contributed by atoms with van der Waals surface area (Å²) < 4.78 is 6.01. The van der Waals surface area contributed by atoms with Crippen LogP contribution in [0.4, 0.5) is 0 Å². The Kier molecular flexibility index (Phi) is 3.57. The van der Waals surface area contributed by atoms with Gasteiger partial charge in [0.25, 0.3) is 0 Å². The summed E-state index contributed by atoms with van der Waals surface area (Å²) in [5.41, 5.74) is 0.103. The maximum Gasteiger partial charge on any atom is 0.335 e. The lowest BCUT2D eigenvalue weighted by Crippen LogP contribution is -2.48. The number of piperidine rings is 1. The molecule has 0 radical (unpaired) electrons. The zero-order valence-corrected chi connectivity index (χ0v) is 10.8. The lowest BCUT2D eigenvalue weighted by molar-refractivity contribution is 0.0156. The van der Waals surface area contributed by atoms with E-state index in [-0.39, 0.29) is 11.2 Å². The smallest absolute Gasteiger partial charge is 0.335 e. The molecule has 0 saturated carbocycles. The van der Waals surface area contributed by atoms with Gasteiger partial charge in [0.15, 0.2) is 0 Å². The zero-order valence-electron chi connectivity index (χ0n) is 10.8. The molecule has 4 nitrogen and oxygen atoms in total. The van der Waals surface area contributed by atoms with Gasteiger partial charge >= 0.3 is 5.97 Å². The largest absolute Gasteiger partial charge is 0.486 e. The fraction of sp³-hybridized carbons (Fsp3) is 0.500. The molecular formula is C14H19NO3. The van der Waals surface area contributed by atoms with Crippen LogP contribution in [0.25, 0.3) is 0 Å². The Hall–Kier alpha value is -1.55. The molecule has 0 amide bonds. The average Bonchev–Trinajstić information content (AvgIpc) is 2.28. The van der Waals surface area contributed by atoms with Gasteiger partial charge in [-0.05, 0) is 57.6 Å². The predicted octanol–water partition coefficient (Wildman–Crippen LogP) is 2.25. The van der Waals surface area contributed by atoms with Crippen LogP contribution in [0.15, 0.2) is 24.3 Å². The van der Waals surface area contributed by atoms with E-state index in [9.17, 15) is 4.79 Å². The van der Waals surface area contributed by atoms with E-state index in [0.29, 0.717) is 0 Å². The van der Waals surface area contributed by atoms with Crippen molar-refractivity contribution in [3.63, 3.8) is 0 Å². The fourth-order valence-electron chi connectivity index (χ4n) is 2.49. The van der Waals surface area contributed by atoms with Crippen molar-refractivity contribution >= 4 is 5.97 Å². The number of aromatic carboxylic acids is 1. The lowest BCUT2D eigenvalue weighted by atomic mass is 9.95. The molecule has 4 heteroatoms.